The highest BCUT2D eigenvalue weighted by atomic mass is 35.5. The molecule has 2 atom stereocenters. The molecule has 1 aromatic carbocycles. The number of carbonyl (C=O) groups is 2. The summed E-state index contributed by atoms with van der Waals surface area (Å²) in [7, 11) is 0. The van der Waals surface area contributed by atoms with Gasteiger partial charge in [-0.3, -0.25) is 4.79 Å². The summed E-state index contributed by atoms with van der Waals surface area (Å²) in [4.78, 5) is 28.0. The monoisotopic (exact) mass is 326 g/mol. The lowest BCUT2D eigenvalue weighted by molar-refractivity contribution is -0.120. The molecule has 0 radical (unpaired) electrons. The molecular formula is C15H16Cl2N2O2. The molecule has 0 saturated carbocycles. The Labute approximate surface area is 133 Å². The molecule has 3 rings (SSSR count). The van der Waals surface area contributed by atoms with Crippen LogP contribution >= 0.6 is 23.2 Å². The molecule has 0 bridgehead atoms. The first-order chi connectivity index (χ1) is 10.0. The predicted octanol–water partition coefficient (Wildman–Crippen LogP) is 3.95. The molecule has 112 valence electrons. The quantitative estimate of drug-likeness (QED) is 0.772. The third-order valence-corrected chi connectivity index (χ3v) is 4.93. The largest absolute Gasteiger partial charge is 0.332 e. The number of hydrogen-bond donors (Lipinski definition) is 0. The molecule has 2 saturated heterocycles. The fourth-order valence-electron chi connectivity index (χ4n) is 3.12. The number of rotatable bonds is 2. The maximum atomic E-state index is 12.6. The summed E-state index contributed by atoms with van der Waals surface area (Å²) in [5.74, 6) is 0.306. The third kappa shape index (κ3) is 2.40. The number of fused-ring (bicyclic) bond motifs is 1. The Hall–Kier alpha value is -1.26. The topological polar surface area (TPSA) is 40.6 Å². The number of halogens is 2. The van der Waals surface area contributed by atoms with E-state index >= 15 is 0 Å². The van der Waals surface area contributed by atoms with E-state index in [1.165, 1.54) is 4.90 Å². The summed E-state index contributed by atoms with van der Waals surface area (Å²) < 4.78 is 0. The van der Waals surface area contributed by atoms with Crippen LogP contribution in [0.2, 0.25) is 10.0 Å². The van der Waals surface area contributed by atoms with Crippen LogP contribution in [0.3, 0.4) is 0 Å². The second-order valence-corrected chi connectivity index (χ2v) is 6.40. The second-order valence-electron chi connectivity index (χ2n) is 5.56. The zero-order valence-corrected chi connectivity index (χ0v) is 13.2. The van der Waals surface area contributed by atoms with Crippen molar-refractivity contribution in [2.24, 2.45) is 5.92 Å². The highest BCUT2D eigenvalue weighted by Gasteiger charge is 2.48. The average Bonchev–Trinajstić information content (AvgIpc) is 2.73. The first-order valence-corrected chi connectivity index (χ1v) is 7.88. The van der Waals surface area contributed by atoms with Gasteiger partial charge in [0, 0.05) is 11.6 Å². The van der Waals surface area contributed by atoms with E-state index in [0.717, 1.165) is 19.3 Å². The third-order valence-electron chi connectivity index (χ3n) is 4.38. The summed E-state index contributed by atoms with van der Waals surface area (Å²) >= 11 is 12.1. The van der Waals surface area contributed by atoms with Gasteiger partial charge in [0.15, 0.2) is 0 Å². The summed E-state index contributed by atoms with van der Waals surface area (Å²) in [6.45, 7) is 2.75. The maximum Gasteiger partial charge on any atom is 0.332 e. The Morgan fingerprint density at radius 2 is 2.05 bits per heavy atom. The standard InChI is InChI=1S/C15H16Cl2N2O2/c1-2-9-5-6-18-13(7-9)14(20)19(15(18)21)12-8-10(16)3-4-11(12)17/h3-4,8-9,13H,2,5-7H2,1H3. The number of hydrogen-bond acceptors (Lipinski definition) is 2. The predicted molar refractivity (Wildman–Crippen MR) is 82.9 cm³/mol. The van der Waals surface area contributed by atoms with Gasteiger partial charge in [0.1, 0.15) is 6.04 Å². The minimum absolute atomic E-state index is 0.192. The Morgan fingerprint density at radius 1 is 1.29 bits per heavy atom. The summed E-state index contributed by atoms with van der Waals surface area (Å²) in [5, 5.41) is 0.805. The van der Waals surface area contributed by atoms with Gasteiger partial charge >= 0.3 is 6.03 Å². The summed E-state index contributed by atoms with van der Waals surface area (Å²) in [6, 6.07) is 4.16. The van der Waals surface area contributed by atoms with E-state index in [9.17, 15) is 9.59 Å². The Kier molecular flexibility index (Phi) is 3.84. The van der Waals surface area contributed by atoms with E-state index in [1.807, 2.05) is 0 Å². The van der Waals surface area contributed by atoms with Gasteiger partial charge in [0.2, 0.25) is 0 Å². The fraction of sp³-hybridized carbons (Fsp3) is 0.467. The van der Waals surface area contributed by atoms with Crippen molar-refractivity contribution in [3.63, 3.8) is 0 Å². The normalized spacial score (nSPS) is 25.5. The molecule has 21 heavy (non-hydrogen) atoms. The van der Waals surface area contributed by atoms with E-state index in [1.54, 1.807) is 23.1 Å². The highest BCUT2D eigenvalue weighted by Crippen LogP contribution is 2.37. The van der Waals surface area contributed by atoms with Crippen LogP contribution in [0.5, 0.6) is 0 Å². The molecule has 0 aromatic heterocycles. The Bertz CT molecular complexity index is 605. The maximum absolute atomic E-state index is 12.6. The molecule has 3 amide bonds. The van der Waals surface area contributed by atoms with Gasteiger partial charge in [-0.25, -0.2) is 9.69 Å². The van der Waals surface area contributed by atoms with Gasteiger partial charge in [-0.2, -0.15) is 0 Å². The van der Waals surface area contributed by atoms with Crippen LogP contribution in [-0.4, -0.2) is 29.4 Å². The fourth-order valence-corrected chi connectivity index (χ4v) is 3.49. The number of carbonyl (C=O) groups excluding carboxylic acids is 2. The van der Waals surface area contributed by atoms with Crippen molar-refractivity contribution in [3.8, 4) is 0 Å². The van der Waals surface area contributed by atoms with Crippen molar-refractivity contribution in [2.45, 2.75) is 32.2 Å². The first-order valence-electron chi connectivity index (χ1n) is 7.12. The van der Waals surface area contributed by atoms with Crippen molar-refractivity contribution < 1.29 is 9.59 Å². The van der Waals surface area contributed by atoms with Crippen LogP contribution in [0.1, 0.15) is 26.2 Å². The molecule has 2 heterocycles. The van der Waals surface area contributed by atoms with Gasteiger partial charge in [0.05, 0.1) is 10.7 Å². The molecule has 0 aliphatic carbocycles. The van der Waals surface area contributed by atoms with Gasteiger partial charge in [-0.15, -0.1) is 0 Å². The molecule has 2 aliphatic heterocycles. The molecular weight excluding hydrogens is 311 g/mol. The molecule has 2 aliphatic rings. The zero-order valence-electron chi connectivity index (χ0n) is 11.7. The van der Waals surface area contributed by atoms with Crippen LogP contribution in [0.15, 0.2) is 18.2 Å². The summed E-state index contributed by atoms with van der Waals surface area (Å²) in [5.41, 5.74) is 0.376. The molecule has 0 spiro atoms. The van der Waals surface area contributed by atoms with Crippen molar-refractivity contribution in [2.75, 3.05) is 11.4 Å². The highest BCUT2D eigenvalue weighted by molar-refractivity contribution is 6.37. The number of imide groups is 1. The van der Waals surface area contributed by atoms with Crippen LogP contribution in [0, 0.1) is 5.92 Å². The van der Waals surface area contributed by atoms with Gasteiger partial charge in [-0.05, 0) is 37.0 Å². The SMILES string of the molecule is CCC1CCN2C(=O)N(c3cc(Cl)ccc3Cl)C(=O)C2C1. The van der Waals surface area contributed by atoms with E-state index in [2.05, 4.69) is 6.92 Å². The summed E-state index contributed by atoms with van der Waals surface area (Å²) in [6.07, 6.45) is 2.71. The molecule has 4 nitrogen and oxygen atoms in total. The second kappa shape index (κ2) is 5.50. The van der Waals surface area contributed by atoms with E-state index in [4.69, 9.17) is 23.2 Å². The molecule has 2 unspecified atom stereocenters. The van der Waals surface area contributed by atoms with Crippen LogP contribution in [0.4, 0.5) is 10.5 Å². The lowest BCUT2D eigenvalue weighted by atomic mass is 9.89. The van der Waals surface area contributed by atoms with Crippen molar-refractivity contribution in [1.82, 2.24) is 4.90 Å². The van der Waals surface area contributed by atoms with Crippen LogP contribution in [-0.2, 0) is 4.79 Å². The number of piperidine rings is 1. The lowest BCUT2D eigenvalue weighted by Gasteiger charge is -2.31. The molecule has 0 N–H and O–H groups in total. The van der Waals surface area contributed by atoms with Gasteiger partial charge in [-0.1, -0.05) is 36.5 Å². The Morgan fingerprint density at radius 3 is 2.76 bits per heavy atom. The van der Waals surface area contributed by atoms with E-state index < -0.39 is 0 Å². The van der Waals surface area contributed by atoms with Gasteiger partial charge < -0.3 is 4.90 Å². The minimum atomic E-state index is -0.355. The molecule has 6 heteroatoms. The van der Waals surface area contributed by atoms with Gasteiger partial charge in [0.25, 0.3) is 5.91 Å². The number of amides is 3. The van der Waals surface area contributed by atoms with Crippen LogP contribution < -0.4 is 4.90 Å². The number of benzene rings is 1. The van der Waals surface area contributed by atoms with Crippen molar-refractivity contribution in [3.05, 3.63) is 28.2 Å². The Balaban J connectivity index is 1.96. The average molecular weight is 327 g/mol. The number of nitrogens with zero attached hydrogens (tertiary/aromatic N) is 2. The molecule has 2 fully saturated rings. The minimum Gasteiger partial charge on any atom is -0.312 e. The van der Waals surface area contributed by atoms with E-state index in [0.29, 0.717) is 28.2 Å². The van der Waals surface area contributed by atoms with Crippen LogP contribution in [0.25, 0.3) is 0 Å². The number of urea groups is 1. The smallest absolute Gasteiger partial charge is 0.312 e. The molecule has 1 aromatic rings. The number of anilines is 1. The zero-order chi connectivity index (χ0) is 15.1. The lowest BCUT2D eigenvalue weighted by Crippen LogP contribution is -2.42. The van der Waals surface area contributed by atoms with Crippen molar-refractivity contribution >= 4 is 40.8 Å². The van der Waals surface area contributed by atoms with Crippen molar-refractivity contribution in [1.29, 1.82) is 0 Å². The first kappa shape index (κ1) is 14.7. The van der Waals surface area contributed by atoms with E-state index in [-0.39, 0.29) is 18.0 Å².